The monoisotopic (exact) mass is 564 g/mol. The van der Waals surface area contributed by atoms with Crippen LogP contribution >= 0.6 is 23.2 Å². The zero-order valence-corrected chi connectivity index (χ0v) is 21.6. The molecule has 1 atom stereocenters. The van der Waals surface area contributed by atoms with Crippen molar-refractivity contribution in [3.05, 3.63) is 114 Å². The minimum atomic E-state index is -0.655. The van der Waals surface area contributed by atoms with Crippen molar-refractivity contribution in [2.75, 3.05) is 16.2 Å². The number of hydrogen-bond acceptors (Lipinski definition) is 10. The number of rotatable bonds is 9. The molecule has 0 fully saturated rings. The summed E-state index contributed by atoms with van der Waals surface area (Å²) < 4.78 is 0. The first kappa shape index (κ1) is 27.1. The third-order valence-electron chi connectivity index (χ3n) is 5.65. The van der Waals surface area contributed by atoms with Crippen LogP contribution in [0.25, 0.3) is 0 Å². The molecule has 3 aromatic carbocycles. The van der Waals surface area contributed by atoms with Gasteiger partial charge in [-0.15, -0.1) is 0 Å². The van der Waals surface area contributed by atoms with Gasteiger partial charge in [0.1, 0.15) is 6.33 Å². The molecule has 4 rings (SSSR count). The third kappa shape index (κ3) is 6.12. The topological polar surface area (TPSA) is 172 Å². The zero-order chi connectivity index (χ0) is 28.1. The van der Waals surface area contributed by atoms with Crippen LogP contribution in [0.15, 0.2) is 67.0 Å². The quantitative estimate of drug-likeness (QED) is 0.146. The number of nitro benzene ring substituents is 1. The Bertz CT molecular complexity index is 1590. The number of benzene rings is 3. The van der Waals surface area contributed by atoms with E-state index < -0.39 is 21.5 Å². The Kier molecular flexibility index (Phi) is 8.04. The Labute approximate surface area is 231 Å². The molecule has 0 saturated heterocycles. The lowest BCUT2D eigenvalue weighted by Gasteiger charge is -2.17. The Morgan fingerprint density at radius 2 is 1.59 bits per heavy atom. The van der Waals surface area contributed by atoms with Gasteiger partial charge in [0.05, 0.1) is 27.5 Å². The molecule has 0 aliphatic heterocycles. The van der Waals surface area contributed by atoms with E-state index >= 15 is 0 Å². The Morgan fingerprint density at radius 1 is 0.923 bits per heavy atom. The molecule has 12 nitrogen and oxygen atoms in total. The lowest BCUT2D eigenvalue weighted by Crippen LogP contribution is -2.13. The predicted molar refractivity (Wildman–Crippen MR) is 147 cm³/mol. The molecule has 39 heavy (non-hydrogen) atoms. The number of hydrogen-bond donors (Lipinski definition) is 3. The highest BCUT2D eigenvalue weighted by molar-refractivity contribution is 6.32. The molecule has 4 aromatic rings. The van der Waals surface area contributed by atoms with Crippen molar-refractivity contribution < 1.29 is 9.85 Å². The fourth-order valence-corrected chi connectivity index (χ4v) is 4.10. The molecular weight excluding hydrogens is 547 g/mol. The minimum absolute atomic E-state index is 0.102. The first-order valence-corrected chi connectivity index (χ1v) is 11.9. The van der Waals surface area contributed by atoms with E-state index in [1.165, 1.54) is 24.3 Å². The van der Waals surface area contributed by atoms with Crippen molar-refractivity contribution in [1.82, 2.24) is 9.97 Å². The van der Waals surface area contributed by atoms with Gasteiger partial charge in [-0.1, -0.05) is 41.4 Å². The van der Waals surface area contributed by atoms with Crippen LogP contribution in [-0.4, -0.2) is 19.8 Å². The second-order valence-electron chi connectivity index (χ2n) is 8.16. The third-order valence-corrected chi connectivity index (χ3v) is 6.23. The molecule has 0 amide bonds. The zero-order valence-electron chi connectivity index (χ0n) is 20.1. The number of nitriles is 1. The van der Waals surface area contributed by atoms with Crippen LogP contribution in [0.3, 0.4) is 0 Å². The van der Waals surface area contributed by atoms with E-state index in [1.54, 1.807) is 43.3 Å². The molecule has 0 spiro atoms. The Hall–Kier alpha value is -4.99. The van der Waals surface area contributed by atoms with Gasteiger partial charge in [-0.3, -0.25) is 31.1 Å². The maximum atomic E-state index is 12.0. The van der Waals surface area contributed by atoms with E-state index in [1.807, 2.05) is 0 Å². The average molecular weight is 565 g/mol. The summed E-state index contributed by atoms with van der Waals surface area (Å²) in [6.07, 6.45) is 1.13. The number of aryl methyl sites for hydroxylation is 1. The first-order valence-electron chi connectivity index (χ1n) is 11.2. The van der Waals surface area contributed by atoms with E-state index in [0.717, 1.165) is 6.33 Å². The van der Waals surface area contributed by atoms with Crippen molar-refractivity contribution in [2.45, 2.75) is 12.8 Å². The summed E-state index contributed by atoms with van der Waals surface area (Å²) >= 11 is 12.5. The Balaban J connectivity index is 1.60. The molecule has 0 aliphatic carbocycles. The van der Waals surface area contributed by atoms with E-state index in [0.29, 0.717) is 33.1 Å². The number of nitrogens with zero attached hydrogens (tertiary/aromatic N) is 5. The normalized spacial score (nSPS) is 11.2. The maximum absolute atomic E-state index is 12.0. The molecule has 0 radical (unpaired) electrons. The smallest absolute Gasteiger partial charge is 0.334 e. The molecule has 1 unspecified atom stereocenters. The minimum Gasteiger partial charge on any atom is -0.334 e. The molecular formula is C25H18Cl2N8O4. The van der Waals surface area contributed by atoms with Gasteiger partial charge in [-0.25, -0.2) is 9.97 Å². The SMILES string of the molecule is Cc1cc(C(C#N)c2ccc(Cl)cc2)c(Cl)cc1Nc1ncnc(NNc2ccc([N+](=O)[O-])cc2)c1[N+](=O)[O-]. The number of aromatic nitrogens is 2. The van der Waals surface area contributed by atoms with E-state index in [-0.39, 0.29) is 22.3 Å². The molecule has 14 heteroatoms. The average Bonchev–Trinajstić information content (AvgIpc) is 2.91. The summed E-state index contributed by atoms with van der Waals surface area (Å²) in [4.78, 5) is 29.6. The number of nitrogens with one attached hydrogen (secondary N) is 3. The van der Waals surface area contributed by atoms with Crippen molar-refractivity contribution in [1.29, 1.82) is 5.26 Å². The molecule has 0 saturated carbocycles. The van der Waals surface area contributed by atoms with Crippen LogP contribution in [-0.2, 0) is 0 Å². The highest BCUT2D eigenvalue weighted by Gasteiger charge is 2.25. The van der Waals surface area contributed by atoms with E-state index in [9.17, 15) is 25.5 Å². The second-order valence-corrected chi connectivity index (χ2v) is 9.00. The summed E-state index contributed by atoms with van der Waals surface area (Å²) in [6.45, 7) is 1.76. The predicted octanol–water partition coefficient (Wildman–Crippen LogP) is 6.75. The Morgan fingerprint density at radius 3 is 2.21 bits per heavy atom. The van der Waals surface area contributed by atoms with Gasteiger partial charge in [-0.05, 0) is 53.9 Å². The number of non-ortho nitro benzene ring substituents is 1. The van der Waals surface area contributed by atoms with Gasteiger partial charge < -0.3 is 5.32 Å². The van der Waals surface area contributed by atoms with Crippen LogP contribution < -0.4 is 16.2 Å². The molecule has 1 aromatic heterocycles. The summed E-state index contributed by atoms with van der Waals surface area (Å²) in [6, 6.07) is 17.9. The number of hydrazine groups is 1. The van der Waals surface area contributed by atoms with E-state index in [4.69, 9.17) is 23.2 Å². The van der Waals surface area contributed by atoms with Gasteiger partial charge in [0.15, 0.2) is 0 Å². The number of nitro groups is 2. The summed E-state index contributed by atoms with van der Waals surface area (Å²) in [5, 5.41) is 36.4. The van der Waals surface area contributed by atoms with E-state index in [2.05, 4.69) is 32.2 Å². The lowest BCUT2D eigenvalue weighted by atomic mass is 9.91. The van der Waals surface area contributed by atoms with Crippen molar-refractivity contribution in [3.8, 4) is 6.07 Å². The highest BCUT2D eigenvalue weighted by atomic mass is 35.5. The van der Waals surface area contributed by atoms with Crippen molar-refractivity contribution in [3.63, 3.8) is 0 Å². The number of anilines is 4. The summed E-state index contributed by atoms with van der Waals surface area (Å²) in [5.41, 5.74) is 7.60. The lowest BCUT2D eigenvalue weighted by molar-refractivity contribution is -0.384. The fraction of sp³-hybridized carbons (Fsp3) is 0.0800. The number of halogens is 2. The molecule has 1 heterocycles. The fourth-order valence-electron chi connectivity index (χ4n) is 3.70. The molecule has 0 bridgehead atoms. The highest BCUT2D eigenvalue weighted by Crippen LogP contribution is 2.37. The van der Waals surface area contributed by atoms with Crippen molar-refractivity contribution in [2.24, 2.45) is 0 Å². The van der Waals surface area contributed by atoms with Gasteiger partial charge in [0.25, 0.3) is 5.69 Å². The van der Waals surface area contributed by atoms with Gasteiger partial charge in [-0.2, -0.15) is 5.26 Å². The summed E-state index contributed by atoms with van der Waals surface area (Å²) in [7, 11) is 0. The maximum Gasteiger partial charge on any atom is 0.355 e. The second kappa shape index (κ2) is 11.6. The van der Waals surface area contributed by atoms with Gasteiger partial charge in [0, 0.05) is 27.9 Å². The molecule has 196 valence electrons. The van der Waals surface area contributed by atoms with Crippen LogP contribution in [0.4, 0.5) is 34.4 Å². The van der Waals surface area contributed by atoms with Gasteiger partial charge in [0.2, 0.25) is 11.6 Å². The van der Waals surface area contributed by atoms with Crippen molar-refractivity contribution >= 4 is 57.6 Å². The van der Waals surface area contributed by atoms with Crippen LogP contribution in [0.5, 0.6) is 0 Å². The molecule has 3 N–H and O–H groups in total. The largest absolute Gasteiger partial charge is 0.355 e. The van der Waals surface area contributed by atoms with Crippen LogP contribution in [0, 0.1) is 38.5 Å². The molecule has 0 aliphatic rings. The summed E-state index contributed by atoms with van der Waals surface area (Å²) in [5.74, 6) is -0.912. The standard InChI is InChI=1S/C25H18Cl2N8O4/c1-14-10-19(20(12-28)15-2-4-16(26)5-3-15)21(27)11-22(14)31-24-23(35(38)39)25(30-13-29-24)33-32-17-6-8-18(9-7-17)34(36)37/h2-11,13,20,32H,1H3,(H2,29,30,31,33). The van der Waals surface area contributed by atoms with Crippen LogP contribution in [0.1, 0.15) is 22.6 Å². The van der Waals surface area contributed by atoms with Gasteiger partial charge >= 0.3 is 5.69 Å². The first-order chi connectivity index (χ1) is 18.7. The van der Waals surface area contributed by atoms with Crippen LogP contribution in [0.2, 0.25) is 10.0 Å².